The van der Waals surface area contributed by atoms with Gasteiger partial charge in [0, 0.05) is 12.0 Å². The first-order chi connectivity index (χ1) is 10.8. The van der Waals surface area contributed by atoms with Crippen LogP contribution in [0.25, 0.3) is 0 Å². The summed E-state index contributed by atoms with van der Waals surface area (Å²) in [6.07, 6.45) is 10.8. The number of nitrogen functional groups attached to an aromatic ring is 1. The van der Waals surface area contributed by atoms with E-state index in [0.29, 0.717) is 17.9 Å². The molecule has 0 spiro atoms. The van der Waals surface area contributed by atoms with Crippen molar-refractivity contribution >= 4 is 11.9 Å². The zero-order chi connectivity index (χ0) is 14.7. The highest BCUT2D eigenvalue weighted by Gasteiger charge is 2.45. The van der Waals surface area contributed by atoms with Crippen LogP contribution >= 0.6 is 0 Å². The Kier molecular flexibility index (Phi) is 2.86. The molecule has 0 atom stereocenters. The van der Waals surface area contributed by atoms with Gasteiger partial charge in [-0.25, -0.2) is 0 Å². The van der Waals surface area contributed by atoms with Gasteiger partial charge in [-0.2, -0.15) is 15.0 Å². The highest BCUT2D eigenvalue weighted by molar-refractivity contribution is 5.35. The second-order valence-corrected chi connectivity index (χ2v) is 7.92. The summed E-state index contributed by atoms with van der Waals surface area (Å²) < 4.78 is 0. The molecule has 22 heavy (non-hydrogen) atoms. The lowest BCUT2D eigenvalue weighted by molar-refractivity contribution is 0.505. The smallest absolute Gasteiger partial charge is 0.227 e. The fourth-order valence-corrected chi connectivity index (χ4v) is 4.02. The zero-order valence-electron chi connectivity index (χ0n) is 13.0. The van der Waals surface area contributed by atoms with Crippen molar-refractivity contribution in [3.05, 3.63) is 5.82 Å². The minimum absolute atomic E-state index is 0.393. The molecule has 118 valence electrons. The van der Waals surface area contributed by atoms with Crippen molar-refractivity contribution in [2.75, 3.05) is 11.1 Å². The van der Waals surface area contributed by atoms with Crippen molar-refractivity contribution in [1.82, 2.24) is 15.0 Å². The Bertz CT molecular complexity index is 548. The quantitative estimate of drug-likeness (QED) is 0.809. The molecular weight excluding hydrogens is 274 g/mol. The van der Waals surface area contributed by atoms with E-state index in [4.69, 9.17) is 10.7 Å². The van der Waals surface area contributed by atoms with Gasteiger partial charge in [0.1, 0.15) is 5.82 Å². The summed E-state index contributed by atoms with van der Waals surface area (Å²) in [6.45, 7) is 0. The van der Waals surface area contributed by atoms with Crippen molar-refractivity contribution in [3.63, 3.8) is 0 Å². The predicted molar refractivity (Wildman–Crippen MR) is 85.3 cm³/mol. The van der Waals surface area contributed by atoms with E-state index in [2.05, 4.69) is 15.3 Å². The number of rotatable bonds is 7. The molecule has 4 saturated carbocycles. The zero-order valence-corrected chi connectivity index (χ0v) is 13.0. The lowest BCUT2D eigenvalue weighted by atomic mass is 9.97. The standard InChI is InChI=1S/C17H25N5/c18-16-20-15(13(9-1-2-9)10-3-4-10)21-17(22-16)19-14(11-5-6-11)12-7-8-12/h9-14H,1-8H2,(H3,18,19,20,21,22). The van der Waals surface area contributed by atoms with Gasteiger partial charge in [-0.1, -0.05) is 0 Å². The van der Waals surface area contributed by atoms with Gasteiger partial charge in [-0.3, -0.25) is 0 Å². The third kappa shape index (κ3) is 2.66. The van der Waals surface area contributed by atoms with Crippen LogP contribution < -0.4 is 11.1 Å². The fourth-order valence-electron chi connectivity index (χ4n) is 4.02. The first-order valence-electron chi connectivity index (χ1n) is 9.06. The van der Waals surface area contributed by atoms with Crippen molar-refractivity contribution in [1.29, 1.82) is 0 Å². The van der Waals surface area contributed by atoms with Gasteiger partial charge in [-0.15, -0.1) is 0 Å². The molecule has 5 heteroatoms. The topological polar surface area (TPSA) is 76.7 Å². The molecule has 0 unspecified atom stereocenters. The van der Waals surface area contributed by atoms with E-state index in [1.807, 2.05) is 0 Å². The minimum atomic E-state index is 0.393. The summed E-state index contributed by atoms with van der Waals surface area (Å²) in [5.74, 6) is 5.88. The Morgan fingerprint density at radius 3 is 1.82 bits per heavy atom. The number of hydrogen-bond acceptors (Lipinski definition) is 5. The third-order valence-corrected chi connectivity index (χ3v) is 5.78. The van der Waals surface area contributed by atoms with Crippen LogP contribution in [0.2, 0.25) is 0 Å². The molecule has 3 N–H and O–H groups in total. The van der Waals surface area contributed by atoms with Gasteiger partial charge in [0.15, 0.2) is 0 Å². The minimum Gasteiger partial charge on any atom is -0.368 e. The highest BCUT2D eigenvalue weighted by Crippen LogP contribution is 2.53. The first kappa shape index (κ1) is 13.1. The van der Waals surface area contributed by atoms with Crippen LogP contribution in [0, 0.1) is 23.7 Å². The maximum absolute atomic E-state index is 6.00. The number of anilines is 2. The molecule has 1 aromatic heterocycles. The van der Waals surface area contributed by atoms with Crippen LogP contribution in [-0.2, 0) is 0 Å². The molecule has 5 rings (SSSR count). The summed E-state index contributed by atoms with van der Waals surface area (Å²) in [6, 6.07) is 0.565. The fraction of sp³-hybridized carbons (Fsp3) is 0.824. The van der Waals surface area contributed by atoms with Crippen LogP contribution in [0.5, 0.6) is 0 Å². The average molecular weight is 299 g/mol. The predicted octanol–water partition coefficient (Wildman–Crippen LogP) is 2.96. The second kappa shape index (κ2) is 4.80. The third-order valence-electron chi connectivity index (χ3n) is 5.78. The van der Waals surface area contributed by atoms with Crippen molar-refractivity contribution in [2.45, 2.75) is 63.3 Å². The van der Waals surface area contributed by atoms with Crippen LogP contribution in [0.4, 0.5) is 11.9 Å². The van der Waals surface area contributed by atoms with Gasteiger partial charge in [0.05, 0.1) is 0 Å². The van der Waals surface area contributed by atoms with Crippen LogP contribution in [0.3, 0.4) is 0 Å². The molecule has 0 aliphatic heterocycles. The first-order valence-corrected chi connectivity index (χ1v) is 9.06. The summed E-state index contributed by atoms with van der Waals surface area (Å²) >= 11 is 0. The van der Waals surface area contributed by atoms with Gasteiger partial charge < -0.3 is 11.1 Å². The number of nitrogens with two attached hydrogens (primary N) is 1. The molecule has 1 heterocycles. The molecule has 5 nitrogen and oxygen atoms in total. The molecule has 0 amide bonds. The van der Waals surface area contributed by atoms with Crippen molar-refractivity contribution in [3.8, 4) is 0 Å². The maximum Gasteiger partial charge on any atom is 0.227 e. The normalized spacial score (nSPS) is 25.0. The van der Waals surface area contributed by atoms with Crippen molar-refractivity contribution in [2.24, 2.45) is 23.7 Å². The Morgan fingerprint density at radius 1 is 0.773 bits per heavy atom. The van der Waals surface area contributed by atoms with Gasteiger partial charge in [0.25, 0.3) is 0 Å². The SMILES string of the molecule is Nc1nc(NC(C2CC2)C2CC2)nc(C(C2CC2)C2CC2)n1. The average Bonchev–Trinajstić information content (AvgIpc) is 3.37. The molecule has 4 aliphatic carbocycles. The number of nitrogens with one attached hydrogen (secondary N) is 1. The van der Waals surface area contributed by atoms with Crippen molar-refractivity contribution < 1.29 is 0 Å². The lowest BCUT2D eigenvalue weighted by Gasteiger charge is -2.19. The van der Waals surface area contributed by atoms with E-state index in [-0.39, 0.29) is 0 Å². The summed E-state index contributed by atoms with van der Waals surface area (Å²) in [4.78, 5) is 13.7. The highest BCUT2D eigenvalue weighted by atomic mass is 15.2. The van der Waals surface area contributed by atoms with Gasteiger partial charge in [0.2, 0.25) is 11.9 Å². The van der Waals surface area contributed by atoms with E-state index in [9.17, 15) is 0 Å². The molecule has 0 radical (unpaired) electrons. The maximum atomic E-state index is 6.00. The monoisotopic (exact) mass is 299 g/mol. The molecule has 4 fully saturated rings. The van der Waals surface area contributed by atoms with Gasteiger partial charge in [-0.05, 0) is 75.0 Å². The van der Waals surface area contributed by atoms with E-state index < -0.39 is 0 Å². The Hall–Kier alpha value is -1.39. The molecule has 0 aromatic carbocycles. The Labute approximate surface area is 131 Å². The largest absolute Gasteiger partial charge is 0.368 e. The summed E-state index contributed by atoms with van der Waals surface area (Å²) in [5, 5.41) is 3.62. The van der Waals surface area contributed by atoms with Crippen LogP contribution in [-0.4, -0.2) is 21.0 Å². The van der Waals surface area contributed by atoms with Gasteiger partial charge >= 0.3 is 0 Å². The number of hydrogen-bond donors (Lipinski definition) is 2. The Morgan fingerprint density at radius 2 is 1.32 bits per heavy atom. The molecule has 1 aromatic rings. The Balaban J connectivity index is 1.40. The molecule has 0 bridgehead atoms. The molecule has 0 saturated heterocycles. The van der Waals surface area contributed by atoms with E-state index >= 15 is 0 Å². The lowest BCUT2D eigenvalue weighted by Crippen LogP contribution is -2.26. The van der Waals surface area contributed by atoms with E-state index in [1.165, 1.54) is 51.4 Å². The number of nitrogens with zero attached hydrogens (tertiary/aromatic N) is 3. The van der Waals surface area contributed by atoms with Crippen LogP contribution in [0.15, 0.2) is 0 Å². The van der Waals surface area contributed by atoms with Crippen LogP contribution in [0.1, 0.15) is 63.1 Å². The molecular formula is C17H25N5. The second-order valence-electron chi connectivity index (χ2n) is 7.92. The van der Waals surface area contributed by atoms with E-state index in [1.54, 1.807) is 0 Å². The summed E-state index contributed by atoms with van der Waals surface area (Å²) in [5.41, 5.74) is 6.00. The number of aromatic nitrogens is 3. The summed E-state index contributed by atoms with van der Waals surface area (Å²) in [7, 11) is 0. The molecule has 4 aliphatic rings. The van der Waals surface area contributed by atoms with E-state index in [0.717, 1.165) is 35.4 Å².